The summed E-state index contributed by atoms with van der Waals surface area (Å²) in [5.41, 5.74) is 0. The zero-order chi connectivity index (χ0) is 22.6. The average Bonchev–Trinajstić information content (AvgIpc) is 3.34. The molecule has 0 aliphatic carbocycles. The maximum atomic E-state index is 13.7. The molecule has 0 aromatic carbocycles. The van der Waals surface area contributed by atoms with Crippen LogP contribution in [0, 0.1) is 0 Å². The zero-order valence-electron chi connectivity index (χ0n) is 15.0. The predicted molar refractivity (Wildman–Crippen MR) is 96.7 cm³/mol. The van der Waals surface area contributed by atoms with Crippen LogP contribution in [0.15, 0.2) is 12.4 Å². The van der Waals surface area contributed by atoms with Gasteiger partial charge in [-0.15, -0.1) is 21.5 Å². The summed E-state index contributed by atoms with van der Waals surface area (Å²) in [4.78, 5) is 9.83. The number of anilines is 2. The lowest BCUT2D eigenvalue weighted by Crippen LogP contribution is -2.46. The van der Waals surface area contributed by atoms with E-state index in [0.29, 0.717) is 11.3 Å². The summed E-state index contributed by atoms with van der Waals surface area (Å²) >= 11 is 0.631. The number of piperazine rings is 1. The molecule has 0 radical (unpaired) electrons. The number of hydrogen-bond donors (Lipinski definition) is 0. The fourth-order valence-electron chi connectivity index (χ4n) is 2.96. The van der Waals surface area contributed by atoms with Crippen LogP contribution in [0.25, 0.3) is 10.2 Å². The zero-order valence-corrected chi connectivity index (χ0v) is 16.6. The van der Waals surface area contributed by atoms with Gasteiger partial charge in [-0.3, -0.25) is 0 Å². The van der Waals surface area contributed by atoms with E-state index in [2.05, 4.69) is 20.2 Å². The second-order valence-electron chi connectivity index (χ2n) is 6.46. The van der Waals surface area contributed by atoms with Crippen LogP contribution in [0.1, 0.15) is 9.88 Å². The molecule has 3 aromatic rings. The second kappa shape index (κ2) is 7.36. The van der Waals surface area contributed by atoms with Gasteiger partial charge in [0, 0.05) is 26.2 Å². The Morgan fingerprint density at radius 2 is 1.45 bits per heavy atom. The molecule has 1 aliphatic heterocycles. The van der Waals surface area contributed by atoms with Crippen molar-refractivity contribution in [1.82, 2.24) is 20.2 Å². The molecule has 0 bridgehead atoms. The Morgan fingerprint density at radius 1 is 0.806 bits per heavy atom. The number of nitrogens with zero attached hydrogens (tertiary/aromatic N) is 6. The van der Waals surface area contributed by atoms with Crippen LogP contribution in [-0.2, 0) is 12.1 Å². The number of fused-ring (bicyclic) bond motifs is 1. The molecule has 1 fully saturated rings. The van der Waals surface area contributed by atoms with Gasteiger partial charge in [-0.25, -0.2) is 9.97 Å². The van der Waals surface area contributed by atoms with Gasteiger partial charge in [-0.2, -0.15) is 35.1 Å². The van der Waals surface area contributed by atoms with Gasteiger partial charge >= 0.3 is 18.3 Å². The van der Waals surface area contributed by atoms with Gasteiger partial charge in [0.2, 0.25) is 10.1 Å². The summed E-state index contributed by atoms with van der Waals surface area (Å²) in [6.07, 6.45) is -9.28. The molecule has 1 aliphatic rings. The second-order valence-corrected chi connectivity index (χ2v) is 8.45. The van der Waals surface area contributed by atoms with E-state index in [9.17, 15) is 35.1 Å². The molecule has 1 saturated heterocycles. The number of thiophene rings is 1. The van der Waals surface area contributed by atoms with Crippen molar-refractivity contribution in [2.45, 2.75) is 18.3 Å². The lowest BCUT2D eigenvalue weighted by molar-refractivity contribution is -0.287. The number of rotatable bonds is 3. The minimum atomic E-state index is -5.75. The van der Waals surface area contributed by atoms with E-state index < -0.39 is 28.2 Å². The molecular formula is C15H10F8N6S2. The van der Waals surface area contributed by atoms with Crippen LogP contribution in [-0.4, -0.2) is 52.5 Å². The average molecular weight is 490 g/mol. The molecule has 16 heteroatoms. The summed E-state index contributed by atoms with van der Waals surface area (Å²) in [5, 5.41) is 5.75. The Kier molecular flexibility index (Phi) is 5.19. The first-order valence-corrected chi connectivity index (χ1v) is 10.1. The summed E-state index contributed by atoms with van der Waals surface area (Å²) in [5.74, 6) is -4.85. The monoisotopic (exact) mass is 490 g/mol. The van der Waals surface area contributed by atoms with E-state index in [1.54, 1.807) is 9.80 Å². The van der Waals surface area contributed by atoms with Crippen molar-refractivity contribution in [3.63, 3.8) is 0 Å². The standard InChI is InChI=1S/C15H10F8N6S2/c16-13(17,15(21,22)23)8-5-7-9(24-6-25-10(7)30-8)28-1-3-29(4-2-28)12-27-26-11(31-12)14(18,19)20/h5-6H,1-4H2. The molecule has 31 heavy (non-hydrogen) atoms. The van der Waals surface area contributed by atoms with Crippen LogP contribution < -0.4 is 9.80 Å². The highest BCUT2D eigenvalue weighted by Gasteiger charge is 2.59. The summed E-state index contributed by atoms with van der Waals surface area (Å²) in [6, 6.07) is 0.732. The first-order valence-electron chi connectivity index (χ1n) is 8.48. The normalized spacial score (nSPS) is 16.4. The van der Waals surface area contributed by atoms with Gasteiger partial charge < -0.3 is 9.80 Å². The summed E-state index contributed by atoms with van der Waals surface area (Å²) < 4.78 is 104. The van der Waals surface area contributed by atoms with Crippen molar-refractivity contribution < 1.29 is 35.1 Å². The Bertz CT molecular complexity index is 1080. The molecule has 6 nitrogen and oxygen atoms in total. The molecule has 0 saturated carbocycles. The first-order chi connectivity index (χ1) is 14.4. The molecular weight excluding hydrogens is 480 g/mol. The van der Waals surface area contributed by atoms with E-state index in [4.69, 9.17) is 0 Å². The van der Waals surface area contributed by atoms with Crippen molar-refractivity contribution in [2.24, 2.45) is 0 Å². The van der Waals surface area contributed by atoms with E-state index >= 15 is 0 Å². The maximum Gasteiger partial charge on any atom is 0.458 e. The highest BCUT2D eigenvalue weighted by atomic mass is 32.1. The van der Waals surface area contributed by atoms with Gasteiger partial charge in [0.15, 0.2) is 0 Å². The molecule has 4 heterocycles. The predicted octanol–water partition coefficient (Wildman–Crippen LogP) is 4.54. The molecule has 3 aromatic heterocycles. The van der Waals surface area contributed by atoms with Crippen LogP contribution in [0.2, 0.25) is 0 Å². The molecule has 0 unspecified atom stereocenters. The lowest BCUT2D eigenvalue weighted by Gasteiger charge is -2.35. The third-order valence-electron chi connectivity index (χ3n) is 4.48. The van der Waals surface area contributed by atoms with Gasteiger partial charge in [0.05, 0.1) is 10.3 Å². The largest absolute Gasteiger partial charge is 0.458 e. The number of alkyl halides is 8. The lowest BCUT2D eigenvalue weighted by atomic mass is 10.2. The maximum absolute atomic E-state index is 13.7. The fraction of sp³-hybridized carbons (Fsp3) is 0.467. The topological polar surface area (TPSA) is 58.0 Å². The van der Waals surface area contributed by atoms with Crippen LogP contribution in [0.3, 0.4) is 0 Å². The third kappa shape index (κ3) is 3.97. The van der Waals surface area contributed by atoms with E-state index in [0.717, 1.165) is 12.4 Å². The van der Waals surface area contributed by atoms with Gasteiger partial charge in [0.1, 0.15) is 17.0 Å². The van der Waals surface area contributed by atoms with Crippen molar-refractivity contribution in [3.05, 3.63) is 22.3 Å². The molecule has 4 rings (SSSR count). The molecule has 0 atom stereocenters. The highest BCUT2D eigenvalue weighted by Crippen LogP contribution is 2.48. The van der Waals surface area contributed by atoms with E-state index in [1.807, 2.05) is 0 Å². The summed E-state index contributed by atoms with van der Waals surface area (Å²) in [6.45, 7) is 0.920. The Morgan fingerprint density at radius 3 is 2.03 bits per heavy atom. The first kappa shape index (κ1) is 21.9. The van der Waals surface area contributed by atoms with E-state index in [-0.39, 0.29) is 58.7 Å². The number of aromatic nitrogens is 4. The van der Waals surface area contributed by atoms with Crippen molar-refractivity contribution >= 4 is 43.8 Å². The number of hydrogen-bond acceptors (Lipinski definition) is 8. The van der Waals surface area contributed by atoms with Crippen LogP contribution >= 0.6 is 22.7 Å². The van der Waals surface area contributed by atoms with Crippen molar-refractivity contribution in [2.75, 3.05) is 36.0 Å². The molecule has 0 amide bonds. The number of halogens is 8. The smallest absolute Gasteiger partial charge is 0.352 e. The quantitative estimate of drug-likeness (QED) is 0.503. The molecule has 0 spiro atoms. The Hall–Kier alpha value is -2.36. The Labute approximate surface area is 176 Å². The van der Waals surface area contributed by atoms with Crippen molar-refractivity contribution in [1.29, 1.82) is 0 Å². The highest BCUT2D eigenvalue weighted by molar-refractivity contribution is 7.18. The third-order valence-corrected chi connectivity index (χ3v) is 6.62. The molecule has 168 valence electrons. The van der Waals surface area contributed by atoms with Crippen LogP contribution in [0.4, 0.5) is 46.1 Å². The van der Waals surface area contributed by atoms with Crippen molar-refractivity contribution in [3.8, 4) is 0 Å². The van der Waals surface area contributed by atoms with E-state index in [1.165, 1.54) is 0 Å². The fourth-order valence-corrected chi connectivity index (χ4v) is 4.71. The molecule has 0 N–H and O–H groups in total. The minimum absolute atomic E-state index is 0.0229. The minimum Gasteiger partial charge on any atom is -0.352 e. The Balaban J connectivity index is 1.55. The van der Waals surface area contributed by atoms with Gasteiger partial charge in [-0.05, 0) is 6.07 Å². The van der Waals surface area contributed by atoms with Gasteiger partial charge in [0.25, 0.3) is 0 Å². The summed E-state index contributed by atoms with van der Waals surface area (Å²) in [7, 11) is 0. The SMILES string of the molecule is FC(F)(F)c1nnc(N2CCN(c3ncnc4sc(C(F)(F)C(F)(F)F)cc34)CC2)s1. The van der Waals surface area contributed by atoms with Gasteiger partial charge in [-0.1, -0.05) is 11.3 Å². The van der Waals surface area contributed by atoms with Crippen LogP contribution in [0.5, 0.6) is 0 Å².